The summed E-state index contributed by atoms with van der Waals surface area (Å²) >= 11 is 3.52. The summed E-state index contributed by atoms with van der Waals surface area (Å²) in [6, 6.07) is 3.63. The average molecular weight is 318 g/mol. The SMILES string of the molecule is CC(C)C(Cc1cc(F)ccc1[N+](=O)[O-])C(C)Br. The molecule has 0 aromatic heterocycles. The number of nitro groups is 1. The second kappa shape index (κ2) is 6.27. The smallest absolute Gasteiger partial charge is 0.258 e. The number of benzene rings is 1. The van der Waals surface area contributed by atoms with Gasteiger partial charge < -0.3 is 0 Å². The molecule has 0 amide bonds. The van der Waals surface area contributed by atoms with Gasteiger partial charge in [-0.2, -0.15) is 0 Å². The van der Waals surface area contributed by atoms with E-state index in [1.165, 1.54) is 12.1 Å². The summed E-state index contributed by atoms with van der Waals surface area (Å²) < 4.78 is 13.2. The molecule has 100 valence electrons. The van der Waals surface area contributed by atoms with Crippen LogP contribution in [-0.2, 0) is 6.42 Å². The van der Waals surface area contributed by atoms with Gasteiger partial charge in [-0.05, 0) is 30.4 Å². The van der Waals surface area contributed by atoms with Crippen LogP contribution >= 0.6 is 15.9 Å². The third kappa shape index (κ3) is 3.77. The van der Waals surface area contributed by atoms with Crippen LogP contribution in [0.15, 0.2) is 18.2 Å². The molecule has 0 N–H and O–H groups in total. The fourth-order valence-corrected chi connectivity index (χ4v) is 2.88. The van der Waals surface area contributed by atoms with Crippen LogP contribution in [0, 0.1) is 27.8 Å². The summed E-state index contributed by atoms with van der Waals surface area (Å²) in [5, 5.41) is 10.9. The van der Waals surface area contributed by atoms with Gasteiger partial charge in [0.05, 0.1) is 4.92 Å². The third-order valence-electron chi connectivity index (χ3n) is 3.14. The van der Waals surface area contributed by atoms with Gasteiger partial charge in [-0.25, -0.2) is 4.39 Å². The minimum atomic E-state index is -0.453. The van der Waals surface area contributed by atoms with E-state index in [4.69, 9.17) is 0 Å². The molecule has 2 unspecified atom stereocenters. The predicted octanol–water partition coefficient (Wildman–Crippen LogP) is 4.33. The van der Waals surface area contributed by atoms with E-state index in [2.05, 4.69) is 29.8 Å². The largest absolute Gasteiger partial charge is 0.272 e. The van der Waals surface area contributed by atoms with Crippen molar-refractivity contribution in [2.24, 2.45) is 11.8 Å². The highest BCUT2D eigenvalue weighted by Crippen LogP contribution is 2.29. The second-order valence-corrected chi connectivity index (χ2v) is 6.26. The molecule has 1 aromatic rings. The fraction of sp³-hybridized carbons (Fsp3) is 0.538. The van der Waals surface area contributed by atoms with Crippen molar-refractivity contribution in [1.82, 2.24) is 0 Å². The van der Waals surface area contributed by atoms with Gasteiger partial charge in [-0.3, -0.25) is 10.1 Å². The summed E-state index contributed by atoms with van der Waals surface area (Å²) in [6.07, 6.45) is 0.498. The Hall–Kier alpha value is -0.970. The lowest BCUT2D eigenvalue weighted by Crippen LogP contribution is -2.21. The van der Waals surface area contributed by atoms with Crippen molar-refractivity contribution in [2.45, 2.75) is 32.0 Å². The Labute approximate surface area is 115 Å². The van der Waals surface area contributed by atoms with E-state index in [0.29, 0.717) is 17.9 Å². The molecule has 0 saturated heterocycles. The predicted molar refractivity (Wildman–Crippen MR) is 73.5 cm³/mol. The lowest BCUT2D eigenvalue weighted by atomic mass is 9.86. The van der Waals surface area contributed by atoms with Crippen LogP contribution in [0.4, 0.5) is 10.1 Å². The quantitative estimate of drug-likeness (QED) is 0.461. The third-order valence-corrected chi connectivity index (χ3v) is 3.82. The molecule has 18 heavy (non-hydrogen) atoms. The molecule has 0 aliphatic rings. The van der Waals surface area contributed by atoms with E-state index in [-0.39, 0.29) is 16.4 Å². The Morgan fingerprint density at radius 2 is 2.00 bits per heavy atom. The molecule has 1 aromatic carbocycles. The van der Waals surface area contributed by atoms with Gasteiger partial charge in [0, 0.05) is 16.5 Å². The first kappa shape index (κ1) is 15.1. The first-order chi connectivity index (χ1) is 8.32. The molecule has 0 aliphatic carbocycles. The molecule has 0 aliphatic heterocycles. The van der Waals surface area contributed by atoms with E-state index in [9.17, 15) is 14.5 Å². The summed E-state index contributed by atoms with van der Waals surface area (Å²) in [7, 11) is 0. The van der Waals surface area contributed by atoms with Crippen molar-refractivity contribution >= 4 is 21.6 Å². The first-order valence-corrected chi connectivity index (χ1v) is 6.81. The van der Waals surface area contributed by atoms with Crippen molar-refractivity contribution in [2.75, 3.05) is 0 Å². The van der Waals surface area contributed by atoms with E-state index in [1.807, 2.05) is 6.92 Å². The van der Waals surface area contributed by atoms with Crippen molar-refractivity contribution in [3.8, 4) is 0 Å². The van der Waals surface area contributed by atoms with Gasteiger partial charge in [0.1, 0.15) is 5.82 Å². The van der Waals surface area contributed by atoms with Gasteiger partial charge >= 0.3 is 0 Å². The summed E-state index contributed by atoms with van der Waals surface area (Å²) in [5.74, 6) is 0.160. The summed E-state index contributed by atoms with van der Waals surface area (Å²) in [6.45, 7) is 6.14. The Morgan fingerprint density at radius 1 is 1.39 bits per heavy atom. The molecular formula is C13H17BrFNO2. The lowest BCUT2D eigenvalue weighted by Gasteiger charge is -2.23. The maximum atomic E-state index is 13.2. The number of hydrogen-bond acceptors (Lipinski definition) is 2. The Balaban J connectivity index is 3.08. The molecule has 3 nitrogen and oxygen atoms in total. The topological polar surface area (TPSA) is 43.1 Å². The molecule has 0 saturated carbocycles. The van der Waals surface area contributed by atoms with Crippen molar-refractivity contribution in [3.63, 3.8) is 0 Å². The molecule has 0 radical (unpaired) electrons. The first-order valence-electron chi connectivity index (χ1n) is 5.89. The normalized spacial score (nSPS) is 14.6. The van der Waals surface area contributed by atoms with E-state index in [1.54, 1.807) is 0 Å². The number of rotatable bonds is 5. The monoisotopic (exact) mass is 317 g/mol. The number of halogens is 2. The van der Waals surface area contributed by atoms with Crippen LogP contribution in [0.25, 0.3) is 0 Å². The maximum absolute atomic E-state index is 13.2. The highest BCUT2D eigenvalue weighted by molar-refractivity contribution is 9.09. The number of alkyl halides is 1. The molecule has 5 heteroatoms. The number of nitrogens with zero attached hydrogens (tertiary/aromatic N) is 1. The minimum Gasteiger partial charge on any atom is -0.258 e. The Bertz CT molecular complexity index is 427. The van der Waals surface area contributed by atoms with Gasteiger partial charge in [-0.15, -0.1) is 0 Å². The van der Waals surface area contributed by atoms with Crippen molar-refractivity contribution in [3.05, 3.63) is 39.7 Å². The average Bonchev–Trinajstić information content (AvgIpc) is 2.24. The summed E-state index contributed by atoms with van der Waals surface area (Å²) in [4.78, 5) is 10.7. The van der Waals surface area contributed by atoms with Crippen LogP contribution in [0.3, 0.4) is 0 Å². The number of nitro benzene ring substituents is 1. The van der Waals surface area contributed by atoms with Gasteiger partial charge in [0.2, 0.25) is 0 Å². The summed E-state index contributed by atoms with van der Waals surface area (Å²) in [5.41, 5.74) is 0.459. The molecule has 0 heterocycles. The van der Waals surface area contributed by atoms with Gasteiger partial charge in [0.25, 0.3) is 5.69 Å². The van der Waals surface area contributed by atoms with Gasteiger partial charge in [0.15, 0.2) is 0 Å². The molecule has 1 rings (SSSR count). The molecule has 0 spiro atoms. The Morgan fingerprint density at radius 3 is 2.44 bits per heavy atom. The van der Waals surface area contributed by atoms with Crippen molar-refractivity contribution in [1.29, 1.82) is 0 Å². The van der Waals surface area contributed by atoms with Crippen LogP contribution in [0.2, 0.25) is 0 Å². The van der Waals surface area contributed by atoms with Crippen LogP contribution in [0.5, 0.6) is 0 Å². The highest BCUT2D eigenvalue weighted by Gasteiger charge is 2.23. The van der Waals surface area contributed by atoms with Crippen LogP contribution < -0.4 is 0 Å². The minimum absolute atomic E-state index is 0.00444. The highest BCUT2D eigenvalue weighted by atomic mass is 79.9. The van der Waals surface area contributed by atoms with E-state index >= 15 is 0 Å². The fourth-order valence-electron chi connectivity index (χ4n) is 2.08. The van der Waals surface area contributed by atoms with Gasteiger partial charge in [-0.1, -0.05) is 36.7 Å². The zero-order valence-corrected chi connectivity index (χ0v) is 12.3. The number of hydrogen-bond donors (Lipinski definition) is 0. The van der Waals surface area contributed by atoms with E-state index < -0.39 is 10.7 Å². The Kier molecular flexibility index (Phi) is 5.26. The molecule has 2 atom stereocenters. The molecular weight excluding hydrogens is 301 g/mol. The molecule has 0 fully saturated rings. The van der Waals surface area contributed by atoms with Crippen molar-refractivity contribution < 1.29 is 9.31 Å². The zero-order valence-electron chi connectivity index (χ0n) is 10.7. The zero-order chi connectivity index (χ0) is 13.9. The van der Waals surface area contributed by atoms with Crippen LogP contribution in [-0.4, -0.2) is 9.75 Å². The standard InChI is InChI=1S/C13H17BrFNO2/c1-8(2)12(9(3)14)7-10-6-11(15)4-5-13(10)16(17)18/h4-6,8-9,12H,7H2,1-3H3. The molecule has 0 bridgehead atoms. The second-order valence-electron chi connectivity index (χ2n) is 4.82. The van der Waals surface area contributed by atoms with E-state index in [0.717, 1.165) is 6.07 Å². The van der Waals surface area contributed by atoms with Crippen LogP contribution in [0.1, 0.15) is 26.3 Å². The lowest BCUT2D eigenvalue weighted by molar-refractivity contribution is -0.385. The maximum Gasteiger partial charge on any atom is 0.272 e.